The minimum absolute atomic E-state index is 0.0540. The molecule has 6 nitrogen and oxygen atoms in total. The summed E-state index contributed by atoms with van der Waals surface area (Å²) in [5, 5.41) is 3.11. The Hall–Kier alpha value is -2.22. The van der Waals surface area contributed by atoms with E-state index in [1.807, 2.05) is 30.3 Å². The number of hydrogen-bond acceptors (Lipinski definition) is 4. The summed E-state index contributed by atoms with van der Waals surface area (Å²) in [6, 6.07) is 18.0. The molecule has 2 aromatic rings. The van der Waals surface area contributed by atoms with Crippen LogP contribution in [0.1, 0.15) is 37.3 Å². The number of hydrogen-bond donors (Lipinski definition) is 1. The van der Waals surface area contributed by atoms with E-state index in [4.69, 9.17) is 4.74 Å². The van der Waals surface area contributed by atoms with Gasteiger partial charge in [-0.3, -0.25) is 4.79 Å². The van der Waals surface area contributed by atoms with Crippen LogP contribution < -0.4 is 5.32 Å². The van der Waals surface area contributed by atoms with E-state index in [-0.39, 0.29) is 35.3 Å². The maximum Gasteiger partial charge on any atom is 0.243 e. The van der Waals surface area contributed by atoms with Gasteiger partial charge in [0, 0.05) is 25.8 Å². The van der Waals surface area contributed by atoms with E-state index < -0.39 is 10.0 Å². The summed E-state index contributed by atoms with van der Waals surface area (Å²) < 4.78 is 33.9. The van der Waals surface area contributed by atoms with Gasteiger partial charge in [0.15, 0.2) is 0 Å². The molecule has 0 spiro atoms. The Morgan fingerprint density at radius 2 is 1.53 bits per heavy atom. The average Bonchev–Trinajstić information content (AvgIpc) is 2.80. The zero-order valence-corrected chi connectivity index (χ0v) is 17.8. The molecule has 160 valence electrons. The van der Waals surface area contributed by atoms with Crippen molar-refractivity contribution in [2.45, 2.75) is 42.7 Å². The first-order valence-electron chi connectivity index (χ1n) is 10.6. The van der Waals surface area contributed by atoms with E-state index in [2.05, 4.69) is 5.32 Å². The monoisotopic (exact) mass is 428 g/mol. The summed E-state index contributed by atoms with van der Waals surface area (Å²) in [7, 11) is -3.73. The Morgan fingerprint density at radius 3 is 2.20 bits per heavy atom. The molecule has 0 radical (unpaired) electrons. The molecule has 2 aliphatic rings. The Bertz CT molecular complexity index is 944. The first kappa shape index (κ1) is 21.0. The Kier molecular flexibility index (Phi) is 6.51. The molecule has 0 aromatic heterocycles. The predicted octanol–water partition coefficient (Wildman–Crippen LogP) is 3.12. The van der Waals surface area contributed by atoms with E-state index in [0.717, 1.165) is 18.4 Å². The van der Waals surface area contributed by atoms with E-state index in [1.54, 1.807) is 30.3 Å². The van der Waals surface area contributed by atoms with Gasteiger partial charge < -0.3 is 10.1 Å². The number of rotatable bonds is 5. The molecule has 2 atom stereocenters. The highest BCUT2D eigenvalue weighted by Gasteiger charge is 2.40. The Morgan fingerprint density at radius 1 is 0.900 bits per heavy atom. The summed E-state index contributed by atoms with van der Waals surface area (Å²) in [6.07, 6.45) is 2.88. The normalized spacial score (nSPS) is 23.7. The highest BCUT2D eigenvalue weighted by atomic mass is 32.2. The number of ether oxygens (including phenoxy) is 1. The minimum atomic E-state index is -3.73. The largest absolute Gasteiger partial charge is 0.381 e. The zero-order valence-electron chi connectivity index (χ0n) is 16.9. The van der Waals surface area contributed by atoms with Gasteiger partial charge in [0.1, 0.15) is 0 Å². The SMILES string of the molecule is O=C(NC1CCOCC1)C1CCC(c2ccccc2)N(S(=O)(=O)c2ccccc2)C1. The second-order valence-corrected chi connectivity index (χ2v) is 9.87. The molecule has 0 bridgehead atoms. The molecule has 0 aliphatic carbocycles. The number of nitrogens with one attached hydrogen (secondary N) is 1. The van der Waals surface area contributed by atoms with Crippen LogP contribution in [-0.2, 0) is 19.6 Å². The van der Waals surface area contributed by atoms with Crippen LogP contribution in [0.25, 0.3) is 0 Å². The fourth-order valence-electron chi connectivity index (χ4n) is 4.32. The van der Waals surface area contributed by atoms with Crippen molar-refractivity contribution in [3.05, 3.63) is 66.2 Å². The molecule has 2 heterocycles. The van der Waals surface area contributed by atoms with Crippen LogP contribution in [0.5, 0.6) is 0 Å². The van der Waals surface area contributed by atoms with Crippen LogP contribution in [0, 0.1) is 5.92 Å². The van der Waals surface area contributed by atoms with E-state index in [9.17, 15) is 13.2 Å². The fourth-order valence-corrected chi connectivity index (χ4v) is 6.03. The van der Waals surface area contributed by atoms with Crippen molar-refractivity contribution in [1.82, 2.24) is 9.62 Å². The van der Waals surface area contributed by atoms with Gasteiger partial charge in [-0.05, 0) is 43.4 Å². The number of nitrogens with zero attached hydrogens (tertiary/aromatic N) is 1. The molecule has 1 N–H and O–H groups in total. The average molecular weight is 429 g/mol. The van der Waals surface area contributed by atoms with Crippen molar-refractivity contribution >= 4 is 15.9 Å². The summed E-state index contributed by atoms with van der Waals surface area (Å²) in [4.78, 5) is 13.2. The molecule has 7 heteroatoms. The number of amides is 1. The van der Waals surface area contributed by atoms with Crippen LogP contribution in [0.3, 0.4) is 0 Å². The quantitative estimate of drug-likeness (QED) is 0.794. The van der Waals surface area contributed by atoms with Gasteiger partial charge >= 0.3 is 0 Å². The second kappa shape index (κ2) is 9.29. The van der Waals surface area contributed by atoms with Crippen LogP contribution in [0.2, 0.25) is 0 Å². The summed E-state index contributed by atoms with van der Waals surface area (Å²) in [6.45, 7) is 1.49. The molecular formula is C23H28N2O4S. The second-order valence-electron chi connectivity index (χ2n) is 7.98. The third-order valence-corrected chi connectivity index (χ3v) is 7.90. The molecule has 0 saturated carbocycles. The Balaban J connectivity index is 1.58. The Labute approximate surface area is 178 Å². The fraction of sp³-hybridized carbons (Fsp3) is 0.435. The van der Waals surface area contributed by atoms with Gasteiger partial charge in [-0.1, -0.05) is 48.5 Å². The van der Waals surface area contributed by atoms with Gasteiger partial charge in [-0.15, -0.1) is 0 Å². The molecule has 2 saturated heterocycles. The van der Waals surface area contributed by atoms with Crippen LogP contribution >= 0.6 is 0 Å². The van der Waals surface area contributed by atoms with Crippen molar-refractivity contribution in [1.29, 1.82) is 0 Å². The predicted molar refractivity (Wildman–Crippen MR) is 114 cm³/mol. The van der Waals surface area contributed by atoms with Crippen LogP contribution in [-0.4, -0.2) is 44.4 Å². The minimum Gasteiger partial charge on any atom is -0.381 e. The maximum atomic E-state index is 13.5. The highest BCUT2D eigenvalue weighted by Crippen LogP contribution is 2.37. The van der Waals surface area contributed by atoms with Gasteiger partial charge in [0.05, 0.1) is 16.9 Å². The molecule has 1 amide bonds. The van der Waals surface area contributed by atoms with E-state index in [0.29, 0.717) is 26.1 Å². The van der Waals surface area contributed by atoms with Crippen molar-refractivity contribution in [3.63, 3.8) is 0 Å². The maximum absolute atomic E-state index is 13.5. The molecule has 2 unspecified atom stereocenters. The van der Waals surface area contributed by atoms with Crippen molar-refractivity contribution in [3.8, 4) is 0 Å². The number of carbonyl (C=O) groups excluding carboxylic acids is 1. The first-order valence-corrected chi connectivity index (χ1v) is 12.0. The summed E-state index contributed by atoms with van der Waals surface area (Å²) in [5.74, 6) is -0.409. The van der Waals surface area contributed by atoms with Crippen LogP contribution in [0.15, 0.2) is 65.6 Å². The lowest BCUT2D eigenvalue weighted by atomic mass is 9.90. The third kappa shape index (κ3) is 4.58. The van der Waals surface area contributed by atoms with Crippen LogP contribution in [0.4, 0.5) is 0 Å². The summed E-state index contributed by atoms with van der Waals surface area (Å²) in [5.41, 5.74) is 0.959. The van der Waals surface area contributed by atoms with Gasteiger partial charge in [0.25, 0.3) is 0 Å². The molecule has 2 fully saturated rings. The number of piperidine rings is 1. The lowest BCUT2D eigenvalue weighted by Crippen LogP contribution is -2.49. The summed E-state index contributed by atoms with van der Waals surface area (Å²) >= 11 is 0. The molecule has 30 heavy (non-hydrogen) atoms. The van der Waals surface area contributed by atoms with Crippen molar-refractivity contribution in [2.24, 2.45) is 5.92 Å². The smallest absolute Gasteiger partial charge is 0.243 e. The van der Waals surface area contributed by atoms with Crippen molar-refractivity contribution in [2.75, 3.05) is 19.8 Å². The standard InChI is InChI=1S/C23H28N2O4S/c26-23(24-20-13-15-29-16-14-20)19-11-12-22(18-7-3-1-4-8-18)25(17-19)30(27,28)21-9-5-2-6-10-21/h1-10,19-20,22H,11-17H2,(H,24,26). The van der Waals surface area contributed by atoms with E-state index >= 15 is 0 Å². The molecule has 4 rings (SSSR count). The van der Waals surface area contributed by atoms with Crippen molar-refractivity contribution < 1.29 is 17.9 Å². The molecule has 2 aromatic carbocycles. The topological polar surface area (TPSA) is 75.7 Å². The number of carbonyl (C=O) groups is 1. The first-order chi connectivity index (χ1) is 14.6. The lowest BCUT2D eigenvalue weighted by Gasteiger charge is -2.39. The highest BCUT2D eigenvalue weighted by molar-refractivity contribution is 7.89. The van der Waals surface area contributed by atoms with Gasteiger partial charge in [-0.2, -0.15) is 4.31 Å². The molecular weight excluding hydrogens is 400 g/mol. The van der Waals surface area contributed by atoms with Gasteiger partial charge in [-0.25, -0.2) is 8.42 Å². The number of sulfonamides is 1. The lowest BCUT2D eigenvalue weighted by molar-refractivity contribution is -0.127. The third-order valence-electron chi connectivity index (χ3n) is 6.01. The molecule has 2 aliphatic heterocycles. The van der Waals surface area contributed by atoms with E-state index in [1.165, 1.54) is 4.31 Å². The number of benzene rings is 2. The zero-order chi connectivity index (χ0) is 21.0. The van der Waals surface area contributed by atoms with Gasteiger partial charge in [0.2, 0.25) is 15.9 Å².